The third kappa shape index (κ3) is 4.11. The molecule has 0 unspecified atom stereocenters. The van der Waals surface area contributed by atoms with Crippen LogP contribution in [0.1, 0.15) is 5.56 Å². The normalized spacial score (nSPS) is 11.4. The zero-order chi connectivity index (χ0) is 31.3. The van der Waals surface area contributed by atoms with Gasteiger partial charge in [0.2, 0.25) is 0 Å². The van der Waals surface area contributed by atoms with Crippen molar-refractivity contribution in [2.75, 3.05) is 0 Å². The number of hydrogen-bond acceptors (Lipinski definition) is 1. The first-order chi connectivity index (χ1) is 23.3. The van der Waals surface area contributed by atoms with E-state index in [9.17, 15) is 5.26 Å². The van der Waals surface area contributed by atoms with E-state index in [-0.39, 0.29) is 0 Å². The van der Waals surface area contributed by atoms with Gasteiger partial charge in [-0.2, -0.15) is 5.26 Å². The second-order valence-electron chi connectivity index (χ2n) is 11.9. The third-order valence-electron chi connectivity index (χ3n) is 9.46. The number of para-hydroxylation sites is 2. The smallest absolute Gasteiger partial charge is 0.102 e. The highest BCUT2D eigenvalue weighted by Gasteiger charge is 2.22. The molecule has 0 aliphatic rings. The number of rotatable bonds is 4. The van der Waals surface area contributed by atoms with Gasteiger partial charge in [0, 0.05) is 16.3 Å². The fraction of sp³-hybridized carbons (Fsp3) is 0. The first-order valence-electron chi connectivity index (χ1n) is 15.9. The lowest BCUT2D eigenvalue weighted by Crippen LogP contribution is -2.00. The van der Waals surface area contributed by atoms with Gasteiger partial charge < -0.3 is 4.57 Å². The number of nitriles is 1. The lowest BCUT2D eigenvalue weighted by atomic mass is 9.83. The Labute approximate surface area is 273 Å². The zero-order valence-corrected chi connectivity index (χ0v) is 25.6. The Hall–Kier alpha value is -6.43. The summed E-state index contributed by atoms with van der Waals surface area (Å²) in [4.78, 5) is 0. The number of nitrogens with zero attached hydrogens (tertiary/aromatic N) is 2. The first kappa shape index (κ1) is 26.9. The van der Waals surface area contributed by atoms with E-state index >= 15 is 0 Å². The quantitative estimate of drug-likeness (QED) is 0.186. The second kappa shape index (κ2) is 10.9. The molecule has 0 amide bonds. The Morgan fingerprint density at radius 1 is 0.362 bits per heavy atom. The molecule has 9 rings (SSSR count). The molecular weight excluding hydrogens is 569 g/mol. The number of fused-ring (bicyclic) bond motifs is 5. The molecule has 2 heteroatoms. The number of hydrogen-bond donors (Lipinski definition) is 0. The molecule has 218 valence electrons. The lowest BCUT2D eigenvalue weighted by Gasteiger charge is -2.20. The van der Waals surface area contributed by atoms with Crippen molar-refractivity contribution in [3.8, 4) is 45.1 Å². The minimum absolute atomic E-state index is 0.654. The molecule has 1 heterocycles. The molecule has 0 aliphatic carbocycles. The highest BCUT2D eigenvalue weighted by atomic mass is 15.0. The third-order valence-corrected chi connectivity index (χ3v) is 9.46. The van der Waals surface area contributed by atoms with Crippen LogP contribution in [0.4, 0.5) is 0 Å². The van der Waals surface area contributed by atoms with Crippen LogP contribution in [0.5, 0.6) is 0 Å². The van der Waals surface area contributed by atoms with E-state index in [4.69, 9.17) is 0 Å². The molecule has 47 heavy (non-hydrogen) atoms. The summed E-state index contributed by atoms with van der Waals surface area (Å²) >= 11 is 0. The summed E-state index contributed by atoms with van der Waals surface area (Å²) in [7, 11) is 0. The molecule has 0 N–H and O–H groups in total. The molecule has 0 aliphatic heterocycles. The van der Waals surface area contributed by atoms with Crippen molar-refractivity contribution in [1.29, 1.82) is 5.26 Å². The predicted molar refractivity (Wildman–Crippen MR) is 197 cm³/mol. The molecule has 0 spiro atoms. The minimum atomic E-state index is 0.654. The van der Waals surface area contributed by atoms with E-state index < -0.39 is 0 Å². The van der Waals surface area contributed by atoms with E-state index in [2.05, 4.69) is 180 Å². The lowest BCUT2D eigenvalue weighted by molar-refractivity contribution is 1.17. The van der Waals surface area contributed by atoms with Gasteiger partial charge in [-0.1, -0.05) is 152 Å². The van der Waals surface area contributed by atoms with Gasteiger partial charge in [0.05, 0.1) is 22.3 Å². The van der Waals surface area contributed by atoms with Gasteiger partial charge in [0.15, 0.2) is 0 Å². The van der Waals surface area contributed by atoms with E-state index in [0.29, 0.717) is 5.56 Å². The standard InChI is InChI=1S/C45H28N2/c46-29-40-32(25-14-28-43(40)47-41-26-12-10-18-33(41)34-19-11-13-27-42(34)47)31-17-4-5-20-35(31)45-38-23-8-6-21-36(38)44(30-15-2-1-3-16-30)37-22-7-9-24-39(37)45/h1-28H. The van der Waals surface area contributed by atoms with Crippen molar-refractivity contribution in [3.05, 3.63) is 175 Å². The van der Waals surface area contributed by atoms with E-state index in [0.717, 1.165) is 33.4 Å². The summed E-state index contributed by atoms with van der Waals surface area (Å²) < 4.78 is 2.24. The van der Waals surface area contributed by atoms with Crippen molar-refractivity contribution in [2.24, 2.45) is 0 Å². The Morgan fingerprint density at radius 3 is 1.38 bits per heavy atom. The SMILES string of the molecule is N#Cc1c(-c2ccccc2-c2c3ccccc3c(-c3ccccc3)c3ccccc23)cccc1-n1c2ccccc2c2ccccc21. The molecule has 1 aromatic heterocycles. The Bertz CT molecular complexity index is 2580. The summed E-state index contributed by atoms with van der Waals surface area (Å²) in [6, 6.07) is 62.5. The van der Waals surface area contributed by atoms with Crippen molar-refractivity contribution < 1.29 is 0 Å². The number of benzene rings is 8. The van der Waals surface area contributed by atoms with Crippen LogP contribution in [0.3, 0.4) is 0 Å². The topological polar surface area (TPSA) is 28.7 Å². The fourth-order valence-electron chi connectivity index (χ4n) is 7.52. The van der Waals surface area contributed by atoms with Crippen LogP contribution >= 0.6 is 0 Å². The highest BCUT2D eigenvalue weighted by molar-refractivity contribution is 6.22. The molecule has 0 saturated carbocycles. The van der Waals surface area contributed by atoms with Crippen LogP contribution in [0.2, 0.25) is 0 Å². The molecule has 2 nitrogen and oxygen atoms in total. The van der Waals surface area contributed by atoms with Gasteiger partial charge in [0.1, 0.15) is 6.07 Å². The van der Waals surface area contributed by atoms with Gasteiger partial charge in [-0.05, 0) is 67.6 Å². The Kier molecular flexibility index (Phi) is 6.23. The molecular formula is C45H28N2. The molecule has 0 saturated heterocycles. The summed E-state index contributed by atoms with van der Waals surface area (Å²) in [5, 5.41) is 18.1. The Balaban J connectivity index is 1.36. The van der Waals surface area contributed by atoms with Crippen LogP contribution in [-0.4, -0.2) is 4.57 Å². The monoisotopic (exact) mass is 596 g/mol. The maximum absolute atomic E-state index is 10.9. The fourth-order valence-corrected chi connectivity index (χ4v) is 7.52. The molecule has 8 aromatic carbocycles. The number of aromatic nitrogens is 1. The second-order valence-corrected chi connectivity index (χ2v) is 11.9. The van der Waals surface area contributed by atoms with Crippen molar-refractivity contribution in [1.82, 2.24) is 4.57 Å². The van der Waals surface area contributed by atoms with Crippen LogP contribution < -0.4 is 0 Å². The summed E-state index contributed by atoms with van der Waals surface area (Å²) in [5.41, 5.74) is 10.4. The maximum Gasteiger partial charge on any atom is 0.102 e. The molecule has 0 fully saturated rings. The zero-order valence-electron chi connectivity index (χ0n) is 25.6. The van der Waals surface area contributed by atoms with E-state index in [1.54, 1.807) is 0 Å². The van der Waals surface area contributed by atoms with Crippen molar-refractivity contribution in [2.45, 2.75) is 0 Å². The summed E-state index contributed by atoms with van der Waals surface area (Å²) in [6.45, 7) is 0. The minimum Gasteiger partial charge on any atom is -0.308 e. The average Bonchev–Trinajstić information content (AvgIpc) is 3.48. The summed E-state index contributed by atoms with van der Waals surface area (Å²) in [6.07, 6.45) is 0. The van der Waals surface area contributed by atoms with Crippen LogP contribution in [0.25, 0.3) is 82.4 Å². The maximum atomic E-state index is 10.9. The average molecular weight is 597 g/mol. The van der Waals surface area contributed by atoms with Crippen molar-refractivity contribution >= 4 is 43.4 Å². The molecule has 0 radical (unpaired) electrons. The van der Waals surface area contributed by atoms with Crippen LogP contribution in [0, 0.1) is 11.3 Å². The van der Waals surface area contributed by atoms with Crippen LogP contribution in [-0.2, 0) is 0 Å². The van der Waals surface area contributed by atoms with Gasteiger partial charge in [-0.3, -0.25) is 0 Å². The Morgan fingerprint density at radius 2 is 0.809 bits per heavy atom. The van der Waals surface area contributed by atoms with Gasteiger partial charge in [-0.25, -0.2) is 0 Å². The van der Waals surface area contributed by atoms with Crippen LogP contribution in [0.15, 0.2) is 170 Å². The van der Waals surface area contributed by atoms with Gasteiger partial charge >= 0.3 is 0 Å². The van der Waals surface area contributed by atoms with E-state index in [1.165, 1.54) is 49.0 Å². The molecule has 9 aromatic rings. The largest absolute Gasteiger partial charge is 0.308 e. The highest BCUT2D eigenvalue weighted by Crippen LogP contribution is 2.47. The van der Waals surface area contributed by atoms with E-state index in [1.807, 2.05) is 0 Å². The molecule has 0 bridgehead atoms. The predicted octanol–water partition coefficient (Wildman–Crippen LogP) is 12.0. The van der Waals surface area contributed by atoms with Gasteiger partial charge in [-0.15, -0.1) is 0 Å². The van der Waals surface area contributed by atoms with Gasteiger partial charge in [0.25, 0.3) is 0 Å². The first-order valence-corrected chi connectivity index (χ1v) is 15.9. The van der Waals surface area contributed by atoms with Crippen molar-refractivity contribution in [3.63, 3.8) is 0 Å². The summed E-state index contributed by atoms with van der Waals surface area (Å²) in [5.74, 6) is 0. The molecule has 0 atom stereocenters.